The molecule has 0 saturated heterocycles. The van der Waals surface area contributed by atoms with Crippen LogP contribution in [0.1, 0.15) is 69.9 Å². The topological polar surface area (TPSA) is 67.9 Å². The molecule has 0 radical (unpaired) electrons. The Morgan fingerprint density at radius 1 is 0.941 bits per heavy atom. The zero-order chi connectivity index (χ0) is 24.5. The van der Waals surface area contributed by atoms with Crippen molar-refractivity contribution in [3.05, 3.63) is 59.7 Å². The third-order valence-corrected chi connectivity index (χ3v) is 6.54. The van der Waals surface area contributed by atoms with Gasteiger partial charge in [0.2, 0.25) is 5.91 Å². The van der Waals surface area contributed by atoms with Crippen LogP contribution in [-0.4, -0.2) is 42.5 Å². The summed E-state index contributed by atoms with van der Waals surface area (Å²) < 4.78 is 11.0. The van der Waals surface area contributed by atoms with Crippen LogP contribution in [0.15, 0.2) is 48.5 Å². The molecular weight excluding hydrogens is 428 g/mol. The van der Waals surface area contributed by atoms with E-state index in [-0.39, 0.29) is 24.5 Å². The van der Waals surface area contributed by atoms with E-state index in [2.05, 4.69) is 19.2 Å². The number of rotatable bonds is 10. The number of nitrogens with one attached hydrogen (secondary N) is 1. The first-order valence-electron chi connectivity index (χ1n) is 12.3. The van der Waals surface area contributed by atoms with Crippen LogP contribution in [0.2, 0.25) is 0 Å². The highest BCUT2D eigenvalue weighted by atomic mass is 16.5. The second-order valence-corrected chi connectivity index (χ2v) is 9.40. The van der Waals surface area contributed by atoms with Crippen molar-refractivity contribution >= 4 is 11.8 Å². The lowest BCUT2D eigenvalue weighted by molar-refractivity contribution is -0.142. The molecular formula is C28H38N2O4. The van der Waals surface area contributed by atoms with Crippen molar-refractivity contribution < 1.29 is 19.1 Å². The van der Waals surface area contributed by atoms with Crippen LogP contribution < -0.4 is 14.8 Å². The van der Waals surface area contributed by atoms with Gasteiger partial charge in [0, 0.05) is 12.6 Å². The van der Waals surface area contributed by atoms with E-state index < -0.39 is 6.04 Å². The summed E-state index contributed by atoms with van der Waals surface area (Å²) in [7, 11) is 1.62. The molecule has 0 heterocycles. The molecule has 1 aliphatic rings. The summed E-state index contributed by atoms with van der Waals surface area (Å²) in [6, 6.07) is 14.9. The number of nitrogens with zero attached hydrogens (tertiary/aromatic N) is 1. The normalized spacial score (nSPS) is 15.0. The summed E-state index contributed by atoms with van der Waals surface area (Å²) in [5.74, 6) is 1.48. The molecule has 0 spiro atoms. The Balaban J connectivity index is 1.69. The largest absolute Gasteiger partial charge is 0.497 e. The first-order valence-corrected chi connectivity index (χ1v) is 12.3. The SMILES string of the molecule is COc1ccc(CN(C(=O)COc2ccc(C(C)C)cc2)[C@@H](C)C(=O)NC2CCCCC2)cc1. The number of carbonyl (C=O) groups excluding carboxylic acids is 2. The van der Waals surface area contributed by atoms with Gasteiger partial charge in [0.15, 0.2) is 6.61 Å². The average molecular weight is 467 g/mol. The summed E-state index contributed by atoms with van der Waals surface area (Å²) in [6.07, 6.45) is 5.49. The number of methoxy groups -OCH3 is 1. The maximum atomic E-state index is 13.3. The fourth-order valence-corrected chi connectivity index (χ4v) is 4.26. The molecule has 184 valence electrons. The van der Waals surface area contributed by atoms with E-state index in [4.69, 9.17) is 9.47 Å². The number of ether oxygens (including phenoxy) is 2. The Kier molecular flexibility index (Phi) is 9.37. The van der Waals surface area contributed by atoms with E-state index in [9.17, 15) is 9.59 Å². The predicted molar refractivity (Wildman–Crippen MR) is 134 cm³/mol. The van der Waals surface area contributed by atoms with Gasteiger partial charge in [0.05, 0.1) is 7.11 Å². The van der Waals surface area contributed by atoms with Crippen LogP contribution in [0.5, 0.6) is 11.5 Å². The molecule has 6 nitrogen and oxygen atoms in total. The van der Waals surface area contributed by atoms with Crippen molar-refractivity contribution in [1.29, 1.82) is 0 Å². The maximum Gasteiger partial charge on any atom is 0.261 e. The van der Waals surface area contributed by atoms with Gasteiger partial charge in [-0.3, -0.25) is 9.59 Å². The smallest absolute Gasteiger partial charge is 0.261 e. The molecule has 1 N–H and O–H groups in total. The van der Waals surface area contributed by atoms with Crippen molar-refractivity contribution in [2.45, 2.75) is 77.4 Å². The standard InChI is InChI=1S/C28H38N2O4/c1-20(2)23-12-16-26(17-13-23)34-19-27(31)30(18-22-10-14-25(33-4)15-11-22)21(3)28(32)29-24-8-6-5-7-9-24/h10-17,20-21,24H,5-9,18-19H2,1-4H3,(H,29,32)/t21-/m0/s1. The molecule has 2 amide bonds. The zero-order valence-electron chi connectivity index (χ0n) is 20.9. The van der Waals surface area contributed by atoms with Gasteiger partial charge < -0.3 is 19.7 Å². The second kappa shape index (κ2) is 12.4. The van der Waals surface area contributed by atoms with Gasteiger partial charge in [0.25, 0.3) is 5.91 Å². The van der Waals surface area contributed by atoms with Crippen molar-refractivity contribution in [1.82, 2.24) is 10.2 Å². The number of benzene rings is 2. The molecule has 6 heteroatoms. The Morgan fingerprint density at radius 3 is 2.15 bits per heavy atom. The first-order chi connectivity index (χ1) is 16.4. The number of hydrogen-bond acceptors (Lipinski definition) is 4. The lowest BCUT2D eigenvalue weighted by Crippen LogP contribution is -2.51. The quantitative estimate of drug-likeness (QED) is 0.531. The molecule has 1 aliphatic carbocycles. The van der Waals surface area contributed by atoms with Gasteiger partial charge in [-0.2, -0.15) is 0 Å². The molecule has 0 unspecified atom stereocenters. The number of hydrogen-bond donors (Lipinski definition) is 1. The van der Waals surface area contributed by atoms with E-state index in [1.165, 1.54) is 12.0 Å². The minimum absolute atomic E-state index is 0.116. The first kappa shape index (κ1) is 25.6. The highest BCUT2D eigenvalue weighted by Crippen LogP contribution is 2.21. The molecule has 1 atom stereocenters. The van der Waals surface area contributed by atoms with Gasteiger partial charge in [-0.25, -0.2) is 0 Å². The fourth-order valence-electron chi connectivity index (χ4n) is 4.26. The van der Waals surface area contributed by atoms with Gasteiger partial charge in [-0.05, 0) is 61.1 Å². The molecule has 2 aromatic rings. The highest BCUT2D eigenvalue weighted by Gasteiger charge is 2.28. The Bertz CT molecular complexity index is 918. The Hall–Kier alpha value is -3.02. The van der Waals surface area contributed by atoms with Gasteiger partial charge in [0.1, 0.15) is 17.5 Å². The molecule has 3 rings (SSSR count). The van der Waals surface area contributed by atoms with Gasteiger partial charge in [-0.15, -0.1) is 0 Å². The van der Waals surface area contributed by atoms with Crippen molar-refractivity contribution in [3.8, 4) is 11.5 Å². The monoisotopic (exact) mass is 466 g/mol. The van der Waals surface area contributed by atoms with Crippen LogP contribution in [0.3, 0.4) is 0 Å². The maximum absolute atomic E-state index is 13.3. The highest BCUT2D eigenvalue weighted by molar-refractivity contribution is 5.88. The summed E-state index contributed by atoms with van der Waals surface area (Å²) in [5.41, 5.74) is 2.14. The van der Waals surface area contributed by atoms with Gasteiger partial charge >= 0.3 is 0 Å². The second-order valence-electron chi connectivity index (χ2n) is 9.40. The third-order valence-electron chi connectivity index (χ3n) is 6.54. The van der Waals surface area contributed by atoms with Crippen LogP contribution in [-0.2, 0) is 16.1 Å². The number of amides is 2. The van der Waals surface area contributed by atoms with Crippen molar-refractivity contribution in [3.63, 3.8) is 0 Å². The van der Waals surface area contributed by atoms with Crippen LogP contribution >= 0.6 is 0 Å². The van der Waals surface area contributed by atoms with Crippen molar-refractivity contribution in [2.24, 2.45) is 0 Å². The van der Waals surface area contributed by atoms with E-state index in [1.807, 2.05) is 48.5 Å². The zero-order valence-corrected chi connectivity index (χ0v) is 20.9. The van der Waals surface area contributed by atoms with Gasteiger partial charge in [-0.1, -0.05) is 57.4 Å². The lowest BCUT2D eigenvalue weighted by Gasteiger charge is -2.31. The van der Waals surface area contributed by atoms with Crippen LogP contribution in [0.4, 0.5) is 0 Å². The molecule has 34 heavy (non-hydrogen) atoms. The molecule has 0 bridgehead atoms. The van der Waals surface area contributed by atoms with E-state index in [0.717, 1.165) is 37.0 Å². The Labute approximate surface area is 203 Å². The lowest BCUT2D eigenvalue weighted by atomic mass is 9.95. The van der Waals surface area contributed by atoms with E-state index >= 15 is 0 Å². The Morgan fingerprint density at radius 2 is 1.56 bits per heavy atom. The molecule has 1 saturated carbocycles. The summed E-state index contributed by atoms with van der Waals surface area (Å²) >= 11 is 0. The molecule has 1 fully saturated rings. The average Bonchev–Trinajstić information content (AvgIpc) is 2.86. The van der Waals surface area contributed by atoms with E-state index in [1.54, 1.807) is 18.9 Å². The summed E-state index contributed by atoms with van der Waals surface area (Å²) in [5, 5.41) is 3.15. The summed E-state index contributed by atoms with van der Waals surface area (Å²) in [6.45, 7) is 6.25. The van der Waals surface area contributed by atoms with Crippen LogP contribution in [0, 0.1) is 0 Å². The molecule has 0 aromatic heterocycles. The third kappa shape index (κ3) is 7.24. The molecule has 0 aliphatic heterocycles. The fraction of sp³-hybridized carbons (Fsp3) is 0.500. The van der Waals surface area contributed by atoms with Crippen LogP contribution in [0.25, 0.3) is 0 Å². The minimum Gasteiger partial charge on any atom is -0.497 e. The van der Waals surface area contributed by atoms with E-state index in [0.29, 0.717) is 18.2 Å². The van der Waals surface area contributed by atoms with Crippen molar-refractivity contribution in [2.75, 3.05) is 13.7 Å². The molecule has 2 aromatic carbocycles. The summed E-state index contributed by atoms with van der Waals surface area (Å²) in [4.78, 5) is 27.9. The minimum atomic E-state index is -0.608. The predicted octanol–water partition coefficient (Wildman–Crippen LogP) is 5.06. The number of carbonyl (C=O) groups is 2.